The molecule has 1 N–H and O–H groups in total. The van der Waals surface area contributed by atoms with Crippen LogP contribution >= 0.6 is 0 Å². The Balaban J connectivity index is 1.46. The van der Waals surface area contributed by atoms with Gasteiger partial charge in [-0.25, -0.2) is 9.69 Å². The van der Waals surface area contributed by atoms with Crippen molar-refractivity contribution in [3.05, 3.63) is 94.0 Å². The lowest BCUT2D eigenvalue weighted by Gasteiger charge is -2.32. The molecule has 3 aromatic rings. The molecule has 1 fully saturated rings. The van der Waals surface area contributed by atoms with E-state index in [1.54, 1.807) is 14.2 Å². The van der Waals surface area contributed by atoms with E-state index in [-0.39, 0.29) is 18.6 Å². The number of nitrogens with one attached hydrogen (secondary N) is 1. The third-order valence-electron chi connectivity index (χ3n) is 7.39. The number of fused-ring (bicyclic) bond motifs is 1. The lowest BCUT2D eigenvalue weighted by atomic mass is 9.81. The standard InChI is InChI=1S/C29H31N3O4/c1-19-10-11-24(14-20(19)2)29(23-8-6-5-7-9-23)27(33)32(28(34)30-29)18-31-13-12-21-15-25(35-3)26(36-4)16-22(21)17-31/h5-11,14-16H,12-13,17-18H2,1-4H3,(H,30,34)/t29-/m1/s1. The SMILES string of the molecule is COc1cc2c(cc1OC)CN(CN1C(=O)N[C@](c3ccccc3)(c3ccc(C)c(C)c3)C1=O)CC2. The van der Waals surface area contributed by atoms with E-state index in [9.17, 15) is 9.59 Å². The molecule has 0 aromatic heterocycles. The Hall–Kier alpha value is -3.84. The summed E-state index contributed by atoms with van der Waals surface area (Å²) in [4.78, 5) is 30.9. The quantitative estimate of drug-likeness (QED) is 0.532. The minimum atomic E-state index is -1.26. The Morgan fingerprint density at radius 2 is 1.56 bits per heavy atom. The molecule has 0 spiro atoms. The first-order valence-corrected chi connectivity index (χ1v) is 12.1. The maximum atomic E-state index is 14.1. The summed E-state index contributed by atoms with van der Waals surface area (Å²) >= 11 is 0. The molecule has 3 amide bonds. The molecule has 1 atom stereocenters. The van der Waals surface area contributed by atoms with Gasteiger partial charge in [0.05, 0.1) is 20.9 Å². The Kier molecular flexibility index (Phi) is 6.18. The van der Waals surface area contributed by atoms with Crippen LogP contribution in [0, 0.1) is 13.8 Å². The van der Waals surface area contributed by atoms with Crippen LogP contribution in [0.15, 0.2) is 60.7 Å². The van der Waals surface area contributed by atoms with Crippen LogP contribution in [-0.2, 0) is 23.3 Å². The van der Waals surface area contributed by atoms with E-state index < -0.39 is 5.54 Å². The van der Waals surface area contributed by atoms with Gasteiger partial charge in [0, 0.05) is 13.1 Å². The number of amides is 3. The van der Waals surface area contributed by atoms with Crippen LogP contribution in [0.25, 0.3) is 0 Å². The second-order valence-electron chi connectivity index (χ2n) is 9.50. The fraction of sp³-hybridized carbons (Fsp3) is 0.310. The zero-order valence-electron chi connectivity index (χ0n) is 21.1. The number of hydrogen-bond donors (Lipinski definition) is 1. The van der Waals surface area contributed by atoms with Crippen LogP contribution in [0.1, 0.15) is 33.4 Å². The van der Waals surface area contributed by atoms with Gasteiger partial charge in [0.1, 0.15) is 0 Å². The highest BCUT2D eigenvalue weighted by Crippen LogP contribution is 2.38. The molecular formula is C29H31N3O4. The molecule has 3 aromatic carbocycles. The van der Waals surface area contributed by atoms with Crippen molar-refractivity contribution in [3.63, 3.8) is 0 Å². The van der Waals surface area contributed by atoms with Crippen molar-refractivity contribution < 1.29 is 19.1 Å². The van der Waals surface area contributed by atoms with Gasteiger partial charge in [0.25, 0.3) is 5.91 Å². The summed E-state index contributed by atoms with van der Waals surface area (Å²) in [6.07, 6.45) is 0.792. The molecule has 2 heterocycles. The minimum Gasteiger partial charge on any atom is -0.493 e. The van der Waals surface area contributed by atoms with Crippen molar-refractivity contribution in [2.24, 2.45) is 0 Å². The van der Waals surface area contributed by atoms with Crippen molar-refractivity contribution in [1.82, 2.24) is 15.1 Å². The summed E-state index contributed by atoms with van der Waals surface area (Å²) in [6.45, 7) is 5.59. The number of rotatable bonds is 6. The van der Waals surface area contributed by atoms with Crippen molar-refractivity contribution in [2.75, 3.05) is 27.4 Å². The molecule has 0 radical (unpaired) electrons. The highest BCUT2D eigenvalue weighted by molar-refractivity contribution is 6.09. The molecule has 0 aliphatic carbocycles. The number of carbonyl (C=O) groups is 2. The first-order chi connectivity index (χ1) is 17.4. The van der Waals surface area contributed by atoms with Gasteiger partial charge in [0.2, 0.25) is 0 Å². The number of methoxy groups -OCH3 is 2. The number of urea groups is 1. The van der Waals surface area contributed by atoms with E-state index in [0.29, 0.717) is 18.0 Å². The summed E-state index contributed by atoms with van der Waals surface area (Å²) in [7, 11) is 3.25. The number of hydrogen-bond acceptors (Lipinski definition) is 5. The summed E-state index contributed by atoms with van der Waals surface area (Å²) < 4.78 is 10.9. The number of nitrogens with zero attached hydrogens (tertiary/aromatic N) is 2. The smallest absolute Gasteiger partial charge is 0.326 e. The molecule has 2 aliphatic heterocycles. The van der Waals surface area contributed by atoms with Crippen molar-refractivity contribution in [1.29, 1.82) is 0 Å². The average molecular weight is 486 g/mol. The van der Waals surface area contributed by atoms with Crippen LogP contribution in [-0.4, -0.2) is 49.2 Å². The second kappa shape index (κ2) is 9.32. The van der Waals surface area contributed by atoms with Crippen LogP contribution in [0.2, 0.25) is 0 Å². The number of ether oxygens (including phenoxy) is 2. The number of imide groups is 1. The molecule has 1 saturated heterocycles. The minimum absolute atomic E-state index is 0.206. The van der Waals surface area contributed by atoms with Gasteiger partial charge in [-0.2, -0.15) is 0 Å². The van der Waals surface area contributed by atoms with Gasteiger partial charge in [0.15, 0.2) is 17.0 Å². The molecule has 36 heavy (non-hydrogen) atoms. The van der Waals surface area contributed by atoms with E-state index in [0.717, 1.165) is 40.8 Å². The van der Waals surface area contributed by atoms with Crippen molar-refractivity contribution in [3.8, 4) is 11.5 Å². The molecule has 0 bridgehead atoms. The second-order valence-corrected chi connectivity index (χ2v) is 9.50. The average Bonchev–Trinajstić information content (AvgIpc) is 3.15. The van der Waals surface area contributed by atoms with Gasteiger partial charge in [-0.15, -0.1) is 0 Å². The number of benzene rings is 3. The van der Waals surface area contributed by atoms with Gasteiger partial charge in [-0.3, -0.25) is 9.69 Å². The topological polar surface area (TPSA) is 71.1 Å². The summed E-state index contributed by atoms with van der Waals surface area (Å²) in [6, 6.07) is 19.0. The molecule has 186 valence electrons. The van der Waals surface area contributed by atoms with Gasteiger partial charge in [-0.05, 0) is 65.8 Å². The van der Waals surface area contributed by atoms with E-state index in [1.807, 2.05) is 74.5 Å². The fourth-order valence-corrected chi connectivity index (χ4v) is 5.19. The fourth-order valence-electron chi connectivity index (χ4n) is 5.19. The summed E-state index contributed by atoms with van der Waals surface area (Å²) in [5.74, 6) is 1.12. The molecule has 0 unspecified atom stereocenters. The lowest BCUT2D eigenvalue weighted by molar-refractivity contribution is -0.131. The van der Waals surface area contributed by atoms with E-state index in [2.05, 4.69) is 10.2 Å². The first kappa shape index (κ1) is 23.9. The zero-order valence-corrected chi connectivity index (χ0v) is 21.1. The predicted octanol–water partition coefficient (Wildman–Crippen LogP) is 4.13. The maximum absolute atomic E-state index is 14.1. The Morgan fingerprint density at radius 1 is 0.861 bits per heavy atom. The maximum Gasteiger partial charge on any atom is 0.326 e. The number of aryl methyl sites for hydroxylation is 2. The van der Waals surface area contributed by atoms with Gasteiger partial charge >= 0.3 is 6.03 Å². The van der Waals surface area contributed by atoms with E-state index in [1.165, 1.54) is 10.5 Å². The molecule has 7 heteroatoms. The van der Waals surface area contributed by atoms with Crippen LogP contribution < -0.4 is 14.8 Å². The molecular weight excluding hydrogens is 454 g/mol. The molecule has 0 saturated carbocycles. The molecule has 7 nitrogen and oxygen atoms in total. The number of carbonyl (C=O) groups excluding carboxylic acids is 2. The van der Waals surface area contributed by atoms with E-state index >= 15 is 0 Å². The van der Waals surface area contributed by atoms with Gasteiger partial charge in [-0.1, -0.05) is 48.5 Å². The van der Waals surface area contributed by atoms with Crippen LogP contribution in [0.4, 0.5) is 4.79 Å². The zero-order chi connectivity index (χ0) is 25.4. The third-order valence-corrected chi connectivity index (χ3v) is 7.39. The van der Waals surface area contributed by atoms with Crippen molar-refractivity contribution in [2.45, 2.75) is 32.4 Å². The van der Waals surface area contributed by atoms with Crippen LogP contribution in [0.3, 0.4) is 0 Å². The van der Waals surface area contributed by atoms with Crippen molar-refractivity contribution >= 4 is 11.9 Å². The Bertz CT molecular complexity index is 1320. The lowest BCUT2D eigenvalue weighted by Crippen LogP contribution is -2.47. The normalized spacial score (nSPS) is 19.7. The van der Waals surface area contributed by atoms with Crippen LogP contribution in [0.5, 0.6) is 11.5 Å². The molecule has 5 rings (SSSR count). The largest absolute Gasteiger partial charge is 0.493 e. The molecule has 2 aliphatic rings. The Morgan fingerprint density at radius 3 is 2.22 bits per heavy atom. The van der Waals surface area contributed by atoms with Gasteiger partial charge < -0.3 is 14.8 Å². The Labute approximate surface area is 211 Å². The highest BCUT2D eigenvalue weighted by atomic mass is 16.5. The first-order valence-electron chi connectivity index (χ1n) is 12.1. The summed E-state index contributed by atoms with van der Waals surface area (Å²) in [5.41, 5.74) is 4.74. The van der Waals surface area contributed by atoms with E-state index in [4.69, 9.17) is 9.47 Å². The predicted molar refractivity (Wildman–Crippen MR) is 137 cm³/mol. The highest BCUT2D eigenvalue weighted by Gasteiger charge is 2.54. The third kappa shape index (κ3) is 3.89. The monoisotopic (exact) mass is 485 g/mol. The summed E-state index contributed by atoms with van der Waals surface area (Å²) in [5, 5.41) is 3.06.